The topological polar surface area (TPSA) is 100 Å². The average Bonchev–Trinajstić information content (AvgIpc) is 2.49. The van der Waals surface area contributed by atoms with Gasteiger partial charge < -0.3 is 10.3 Å². The Morgan fingerprint density at radius 1 is 1.43 bits per heavy atom. The van der Waals surface area contributed by atoms with E-state index < -0.39 is 10.0 Å². The van der Waals surface area contributed by atoms with Crippen LogP contribution in [0, 0.1) is 5.41 Å². The van der Waals surface area contributed by atoms with Crippen LogP contribution in [0.2, 0.25) is 0 Å². The van der Waals surface area contributed by atoms with Crippen LogP contribution in [0.4, 0.5) is 5.82 Å². The summed E-state index contributed by atoms with van der Waals surface area (Å²) in [6, 6.07) is 2.87. The highest BCUT2D eigenvalue weighted by molar-refractivity contribution is 7.89. The van der Waals surface area contributed by atoms with Gasteiger partial charge in [0.25, 0.3) is 0 Å². The van der Waals surface area contributed by atoms with E-state index in [4.69, 9.17) is 5.84 Å². The fourth-order valence-electron chi connectivity index (χ4n) is 2.34. The molecule has 1 aliphatic heterocycles. The lowest BCUT2D eigenvalue weighted by Crippen LogP contribution is -2.43. The Labute approximate surface area is 125 Å². The normalized spacial score (nSPS) is 19.4. The molecule has 0 amide bonds. The van der Waals surface area contributed by atoms with Crippen molar-refractivity contribution >= 4 is 15.8 Å². The van der Waals surface area contributed by atoms with Gasteiger partial charge in [-0.25, -0.2) is 24.0 Å². The molecule has 0 spiro atoms. The highest BCUT2D eigenvalue weighted by atomic mass is 32.2. The van der Waals surface area contributed by atoms with Crippen molar-refractivity contribution in [3.63, 3.8) is 0 Å². The van der Waals surface area contributed by atoms with E-state index in [-0.39, 0.29) is 10.3 Å². The van der Waals surface area contributed by atoms with Crippen LogP contribution in [-0.4, -0.2) is 45.0 Å². The van der Waals surface area contributed by atoms with Gasteiger partial charge in [-0.05, 0) is 44.5 Å². The van der Waals surface area contributed by atoms with Crippen molar-refractivity contribution in [2.75, 3.05) is 32.1 Å². The van der Waals surface area contributed by atoms with Crippen molar-refractivity contribution in [3.8, 4) is 0 Å². The first-order valence-electron chi connectivity index (χ1n) is 6.96. The second kappa shape index (κ2) is 6.27. The summed E-state index contributed by atoms with van der Waals surface area (Å²) in [5.74, 6) is 5.58. The van der Waals surface area contributed by atoms with Gasteiger partial charge in [0.2, 0.25) is 10.0 Å². The molecule has 4 N–H and O–H groups in total. The van der Waals surface area contributed by atoms with Crippen LogP contribution in [0.25, 0.3) is 0 Å². The first kappa shape index (κ1) is 16.2. The molecule has 7 nitrogen and oxygen atoms in total. The van der Waals surface area contributed by atoms with Crippen LogP contribution in [0.1, 0.15) is 19.8 Å². The molecule has 21 heavy (non-hydrogen) atoms. The zero-order valence-electron chi connectivity index (χ0n) is 12.5. The molecule has 1 aliphatic rings. The van der Waals surface area contributed by atoms with Crippen LogP contribution in [-0.2, 0) is 10.0 Å². The molecule has 1 saturated heterocycles. The number of nitrogens with two attached hydrogens (primary N) is 1. The molecule has 1 fully saturated rings. The Morgan fingerprint density at radius 2 is 2.10 bits per heavy atom. The summed E-state index contributed by atoms with van der Waals surface area (Å²) in [6.07, 6.45) is 3.39. The molecule has 2 heterocycles. The van der Waals surface area contributed by atoms with Gasteiger partial charge in [-0.2, -0.15) is 0 Å². The van der Waals surface area contributed by atoms with E-state index in [1.807, 2.05) is 0 Å². The van der Waals surface area contributed by atoms with Gasteiger partial charge in [0.1, 0.15) is 5.82 Å². The molecular weight excluding hydrogens is 290 g/mol. The molecule has 0 bridgehead atoms. The summed E-state index contributed by atoms with van der Waals surface area (Å²) in [5.41, 5.74) is 2.35. The minimum Gasteiger partial charge on any atom is -0.308 e. The van der Waals surface area contributed by atoms with Crippen molar-refractivity contribution in [2.24, 2.45) is 11.3 Å². The van der Waals surface area contributed by atoms with Crippen LogP contribution in [0.5, 0.6) is 0 Å². The number of rotatable bonds is 5. The summed E-state index contributed by atoms with van der Waals surface area (Å²) in [5, 5.41) is 0. The summed E-state index contributed by atoms with van der Waals surface area (Å²) in [4.78, 5) is 6.34. The van der Waals surface area contributed by atoms with Crippen molar-refractivity contribution in [2.45, 2.75) is 24.7 Å². The number of nitrogens with one attached hydrogen (secondary N) is 2. The summed E-state index contributed by atoms with van der Waals surface area (Å²) < 4.78 is 27.4. The van der Waals surface area contributed by atoms with Crippen molar-refractivity contribution in [1.29, 1.82) is 0 Å². The third kappa shape index (κ3) is 4.13. The number of hydrazine groups is 1. The standard InChI is InChI=1S/C13H23N5O2S/c1-13(4-7-18(2)8-5-13)10-16-21(19,20)11-3-6-15-12(9-11)17-14/h3,6,9,16H,4-5,7-8,10,14H2,1-2H3,(H,15,17). The zero-order chi connectivity index (χ0) is 15.5. The molecule has 0 aromatic carbocycles. The van der Waals surface area contributed by atoms with E-state index in [9.17, 15) is 8.42 Å². The first-order valence-corrected chi connectivity index (χ1v) is 8.44. The van der Waals surface area contributed by atoms with E-state index >= 15 is 0 Å². The second-order valence-corrected chi connectivity index (χ2v) is 7.73. The maximum absolute atomic E-state index is 12.3. The Kier molecular flexibility index (Phi) is 4.82. The number of hydrogen-bond acceptors (Lipinski definition) is 6. The number of nitrogens with zero attached hydrogens (tertiary/aromatic N) is 2. The van der Waals surface area contributed by atoms with Crippen LogP contribution in [0.15, 0.2) is 23.2 Å². The quantitative estimate of drug-likeness (QED) is 0.537. The minimum atomic E-state index is -3.54. The van der Waals surface area contributed by atoms with Crippen molar-refractivity contribution < 1.29 is 8.42 Å². The van der Waals surface area contributed by atoms with Gasteiger partial charge in [0, 0.05) is 18.8 Å². The Morgan fingerprint density at radius 3 is 2.71 bits per heavy atom. The Hall–Kier alpha value is -1.22. The van der Waals surface area contributed by atoms with Crippen molar-refractivity contribution in [3.05, 3.63) is 18.3 Å². The molecule has 8 heteroatoms. The number of nitrogen functional groups attached to an aromatic ring is 1. The molecule has 0 aliphatic carbocycles. The highest BCUT2D eigenvalue weighted by Crippen LogP contribution is 2.30. The van der Waals surface area contributed by atoms with Gasteiger partial charge in [-0.15, -0.1) is 0 Å². The number of pyridine rings is 1. The van der Waals surface area contributed by atoms with E-state index in [2.05, 4.69) is 34.0 Å². The maximum Gasteiger partial charge on any atom is 0.240 e. The third-order valence-electron chi connectivity index (χ3n) is 4.07. The monoisotopic (exact) mass is 313 g/mol. The first-order chi connectivity index (χ1) is 9.85. The van der Waals surface area contributed by atoms with E-state index in [1.165, 1.54) is 18.3 Å². The molecule has 0 atom stereocenters. The Balaban J connectivity index is 2.04. The number of sulfonamides is 1. The SMILES string of the molecule is CN1CCC(C)(CNS(=O)(=O)c2ccnc(NN)c2)CC1. The lowest BCUT2D eigenvalue weighted by atomic mass is 9.81. The van der Waals surface area contributed by atoms with Crippen LogP contribution >= 0.6 is 0 Å². The van der Waals surface area contributed by atoms with Crippen LogP contribution < -0.4 is 16.0 Å². The molecule has 1 aromatic heterocycles. The average molecular weight is 313 g/mol. The second-order valence-electron chi connectivity index (χ2n) is 5.96. The smallest absolute Gasteiger partial charge is 0.240 e. The molecule has 0 saturated carbocycles. The fourth-order valence-corrected chi connectivity index (χ4v) is 3.56. The number of anilines is 1. The minimum absolute atomic E-state index is 0.00155. The van der Waals surface area contributed by atoms with E-state index in [0.29, 0.717) is 12.4 Å². The molecule has 1 aromatic rings. The van der Waals surface area contributed by atoms with Gasteiger partial charge in [-0.1, -0.05) is 6.92 Å². The fraction of sp³-hybridized carbons (Fsp3) is 0.615. The van der Waals surface area contributed by atoms with Crippen molar-refractivity contribution in [1.82, 2.24) is 14.6 Å². The largest absolute Gasteiger partial charge is 0.308 e. The summed E-state index contributed by atoms with van der Waals surface area (Å²) in [6.45, 7) is 4.56. The molecule has 0 unspecified atom stereocenters. The summed E-state index contributed by atoms with van der Waals surface area (Å²) in [7, 11) is -1.46. The number of likely N-dealkylation sites (tertiary alicyclic amines) is 1. The van der Waals surface area contributed by atoms with Gasteiger partial charge in [0.05, 0.1) is 4.90 Å². The third-order valence-corrected chi connectivity index (χ3v) is 5.47. The number of hydrogen-bond donors (Lipinski definition) is 3. The predicted octanol–water partition coefficient (Wildman–Crippen LogP) is 0.377. The zero-order valence-corrected chi connectivity index (χ0v) is 13.3. The number of piperidine rings is 1. The van der Waals surface area contributed by atoms with Gasteiger partial charge in [0.15, 0.2) is 0 Å². The van der Waals surface area contributed by atoms with E-state index in [1.54, 1.807) is 0 Å². The molecular formula is C13H23N5O2S. The Bertz CT molecular complexity index is 582. The predicted molar refractivity (Wildman–Crippen MR) is 82.1 cm³/mol. The van der Waals surface area contributed by atoms with E-state index in [0.717, 1.165) is 25.9 Å². The lowest BCUT2D eigenvalue weighted by molar-refractivity contribution is 0.143. The highest BCUT2D eigenvalue weighted by Gasteiger charge is 2.30. The molecule has 118 valence electrons. The van der Waals surface area contributed by atoms with Gasteiger partial charge >= 0.3 is 0 Å². The number of aromatic nitrogens is 1. The molecule has 0 radical (unpaired) electrons. The molecule has 2 rings (SSSR count). The van der Waals surface area contributed by atoms with Crippen LogP contribution in [0.3, 0.4) is 0 Å². The van der Waals surface area contributed by atoms with Gasteiger partial charge in [-0.3, -0.25) is 0 Å². The maximum atomic E-state index is 12.3. The summed E-state index contributed by atoms with van der Waals surface area (Å²) >= 11 is 0. The lowest BCUT2D eigenvalue weighted by Gasteiger charge is -2.37.